The lowest BCUT2D eigenvalue weighted by atomic mass is 9.49. The molecular weight excluding hydrogens is 338 g/mol. The second kappa shape index (κ2) is 5.95. The van der Waals surface area contributed by atoms with Gasteiger partial charge in [0, 0.05) is 23.4 Å². The van der Waals surface area contributed by atoms with Gasteiger partial charge in [-0.05, 0) is 74.3 Å². The first-order valence-electron chi connectivity index (χ1n) is 8.99. The monoisotopic (exact) mass is 363 g/mol. The Hall–Kier alpha value is -0.670. The molecule has 2 nitrogen and oxygen atoms in total. The van der Waals surface area contributed by atoms with Gasteiger partial charge >= 0.3 is 0 Å². The molecule has 1 aromatic carbocycles. The molecule has 0 aromatic heterocycles. The van der Waals surface area contributed by atoms with Crippen LogP contribution in [0.2, 0.25) is 0 Å². The molecule has 4 heteroatoms. The number of amides is 1. The summed E-state index contributed by atoms with van der Waals surface area (Å²) >= 11 is 8.64. The maximum absolute atomic E-state index is 13.3. The number of benzene rings is 1. The highest BCUT2D eigenvalue weighted by Gasteiger charge is 2.60. The van der Waals surface area contributed by atoms with Crippen molar-refractivity contribution in [2.24, 2.45) is 17.3 Å². The average molecular weight is 364 g/mol. The minimum atomic E-state index is -0.181. The minimum absolute atomic E-state index is 0.0966. The Kier molecular flexibility index (Phi) is 4.16. The van der Waals surface area contributed by atoms with Gasteiger partial charge in [0.2, 0.25) is 5.91 Å². The van der Waals surface area contributed by atoms with Crippen LogP contribution in [-0.2, 0) is 11.3 Å². The summed E-state index contributed by atoms with van der Waals surface area (Å²) in [7, 11) is 1.96. The van der Waals surface area contributed by atoms with Crippen LogP contribution in [0.3, 0.4) is 0 Å². The smallest absolute Gasteiger partial charge is 0.228 e. The largest absolute Gasteiger partial charge is 0.341 e. The maximum Gasteiger partial charge on any atom is 0.228 e. The zero-order valence-corrected chi connectivity index (χ0v) is 16.1. The summed E-state index contributed by atoms with van der Waals surface area (Å²) in [5, 5.41) is 0. The molecule has 0 radical (unpaired) electrons. The Morgan fingerprint density at radius 2 is 1.83 bits per heavy atom. The van der Waals surface area contributed by atoms with Gasteiger partial charge in [-0.2, -0.15) is 0 Å². The van der Waals surface area contributed by atoms with Crippen LogP contribution in [0.1, 0.15) is 44.1 Å². The molecular formula is C20H26ClNOS. The number of halogens is 1. The van der Waals surface area contributed by atoms with Crippen molar-refractivity contribution in [2.75, 3.05) is 13.3 Å². The first-order chi connectivity index (χ1) is 11.4. The number of hydrogen-bond acceptors (Lipinski definition) is 2. The summed E-state index contributed by atoms with van der Waals surface area (Å²) in [6, 6.07) is 8.55. The molecule has 4 bridgehead atoms. The van der Waals surface area contributed by atoms with Crippen LogP contribution in [0.4, 0.5) is 0 Å². The predicted octanol–water partition coefficient (Wildman–Crippen LogP) is 4.94. The SMILES string of the molecule is CSc1ccc(CN(C)C(=O)C23C[C@H]4C[C@@H](CC(Cl)(C4)C2)C3)cc1. The molecule has 0 saturated heterocycles. The van der Waals surface area contributed by atoms with E-state index in [4.69, 9.17) is 11.6 Å². The van der Waals surface area contributed by atoms with E-state index in [-0.39, 0.29) is 10.3 Å². The zero-order chi connectivity index (χ0) is 16.9. The van der Waals surface area contributed by atoms with E-state index in [2.05, 4.69) is 30.5 Å². The van der Waals surface area contributed by atoms with E-state index in [0.29, 0.717) is 24.3 Å². The van der Waals surface area contributed by atoms with Gasteiger partial charge in [0.05, 0.1) is 5.41 Å². The third-order valence-electron chi connectivity index (χ3n) is 6.37. The molecule has 0 unspecified atom stereocenters. The number of alkyl halides is 1. The topological polar surface area (TPSA) is 20.3 Å². The number of rotatable bonds is 4. The summed E-state index contributed by atoms with van der Waals surface area (Å²) in [4.78, 5) is 16.4. The van der Waals surface area contributed by atoms with E-state index in [0.717, 1.165) is 32.1 Å². The number of nitrogens with zero attached hydrogens (tertiary/aromatic N) is 1. The Morgan fingerprint density at radius 3 is 2.38 bits per heavy atom. The summed E-state index contributed by atoms with van der Waals surface area (Å²) < 4.78 is 0. The van der Waals surface area contributed by atoms with Gasteiger partial charge in [-0.15, -0.1) is 23.4 Å². The highest BCUT2D eigenvalue weighted by molar-refractivity contribution is 7.98. The standard InChI is InChI=1S/C20H26ClNOS/c1-22(12-14-3-5-17(24-2)6-4-14)18(23)19-8-15-7-16(9-19)11-20(21,10-15)13-19/h3-6,15-16H,7-13H2,1-2H3/t15-,16-,19?,20?/m1/s1. The number of thioether (sulfide) groups is 1. The van der Waals surface area contributed by atoms with Crippen molar-refractivity contribution in [1.82, 2.24) is 4.90 Å². The minimum Gasteiger partial charge on any atom is -0.341 e. The Morgan fingerprint density at radius 1 is 1.21 bits per heavy atom. The molecule has 1 aromatic rings. The fourth-order valence-corrected chi connectivity index (χ4v) is 6.98. The molecule has 1 amide bonds. The van der Waals surface area contributed by atoms with Crippen molar-refractivity contribution in [3.05, 3.63) is 29.8 Å². The van der Waals surface area contributed by atoms with Crippen molar-refractivity contribution in [3.63, 3.8) is 0 Å². The lowest BCUT2D eigenvalue weighted by molar-refractivity contribution is -0.155. The van der Waals surface area contributed by atoms with E-state index < -0.39 is 0 Å². The summed E-state index contributed by atoms with van der Waals surface area (Å²) in [6.07, 6.45) is 8.64. The van der Waals surface area contributed by atoms with Gasteiger partial charge in [-0.1, -0.05) is 12.1 Å². The number of hydrogen-bond donors (Lipinski definition) is 0. The summed E-state index contributed by atoms with van der Waals surface area (Å²) in [6.45, 7) is 0.694. The second-order valence-electron chi connectivity index (χ2n) is 8.40. The highest BCUT2D eigenvalue weighted by atomic mass is 35.5. The van der Waals surface area contributed by atoms with Gasteiger partial charge < -0.3 is 4.90 Å². The highest BCUT2D eigenvalue weighted by Crippen LogP contribution is 2.64. The van der Waals surface area contributed by atoms with Gasteiger partial charge in [0.15, 0.2) is 0 Å². The van der Waals surface area contributed by atoms with Crippen LogP contribution in [0, 0.1) is 17.3 Å². The Bertz CT molecular complexity index is 630. The van der Waals surface area contributed by atoms with Crippen LogP contribution in [0.25, 0.3) is 0 Å². The molecule has 4 saturated carbocycles. The van der Waals surface area contributed by atoms with Crippen LogP contribution >= 0.6 is 23.4 Å². The van der Waals surface area contributed by atoms with E-state index in [1.165, 1.54) is 16.9 Å². The van der Waals surface area contributed by atoms with E-state index >= 15 is 0 Å². The predicted molar refractivity (Wildman–Crippen MR) is 100 cm³/mol. The Labute approximate surface area is 154 Å². The molecule has 0 heterocycles. The lowest BCUT2D eigenvalue weighted by Crippen LogP contribution is -2.58. The van der Waals surface area contributed by atoms with Crippen molar-refractivity contribution in [2.45, 2.75) is 54.8 Å². The molecule has 130 valence electrons. The van der Waals surface area contributed by atoms with Crippen LogP contribution in [-0.4, -0.2) is 29.0 Å². The Balaban J connectivity index is 1.50. The molecule has 0 aliphatic heterocycles. The van der Waals surface area contributed by atoms with E-state index in [1.54, 1.807) is 11.8 Å². The fourth-order valence-electron chi connectivity index (χ4n) is 5.88. The molecule has 4 aliphatic rings. The molecule has 0 N–H and O–H groups in total. The van der Waals surface area contributed by atoms with Crippen LogP contribution < -0.4 is 0 Å². The van der Waals surface area contributed by atoms with Crippen molar-refractivity contribution in [1.29, 1.82) is 0 Å². The normalized spacial score (nSPS) is 36.8. The fraction of sp³-hybridized carbons (Fsp3) is 0.650. The van der Waals surface area contributed by atoms with Gasteiger partial charge in [-0.25, -0.2) is 0 Å². The average Bonchev–Trinajstić information content (AvgIpc) is 2.52. The van der Waals surface area contributed by atoms with Gasteiger partial charge in [0.1, 0.15) is 0 Å². The third-order valence-corrected chi connectivity index (χ3v) is 7.55. The van der Waals surface area contributed by atoms with E-state index in [1.807, 2.05) is 11.9 Å². The number of carbonyl (C=O) groups excluding carboxylic acids is 1. The summed E-state index contributed by atoms with van der Waals surface area (Å²) in [5.41, 5.74) is 1.02. The molecule has 2 atom stereocenters. The molecule has 4 aliphatic carbocycles. The first-order valence-corrected chi connectivity index (χ1v) is 10.6. The number of carbonyl (C=O) groups is 1. The van der Waals surface area contributed by atoms with E-state index in [9.17, 15) is 4.79 Å². The van der Waals surface area contributed by atoms with Crippen LogP contribution in [0.5, 0.6) is 0 Å². The maximum atomic E-state index is 13.3. The molecule has 24 heavy (non-hydrogen) atoms. The molecule has 5 rings (SSSR count). The van der Waals surface area contributed by atoms with Crippen molar-refractivity contribution in [3.8, 4) is 0 Å². The molecule has 0 spiro atoms. The molecule has 4 fully saturated rings. The lowest BCUT2D eigenvalue weighted by Gasteiger charge is -2.59. The zero-order valence-electron chi connectivity index (χ0n) is 14.6. The van der Waals surface area contributed by atoms with Crippen molar-refractivity contribution < 1.29 is 4.79 Å². The first kappa shape index (κ1) is 16.8. The quantitative estimate of drug-likeness (QED) is 0.557. The third kappa shape index (κ3) is 2.88. The second-order valence-corrected chi connectivity index (χ2v) is 10.1. The van der Waals surface area contributed by atoms with Crippen LogP contribution in [0.15, 0.2) is 29.2 Å². The van der Waals surface area contributed by atoms with Crippen molar-refractivity contribution >= 4 is 29.3 Å². The van der Waals surface area contributed by atoms with Gasteiger partial charge in [0.25, 0.3) is 0 Å². The van der Waals surface area contributed by atoms with Gasteiger partial charge in [-0.3, -0.25) is 4.79 Å². The summed E-state index contributed by atoms with van der Waals surface area (Å²) in [5.74, 6) is 1.67.